The van der Waals surface area contributed by atoms with Gasteiger partial charge in [-0.05, 0) is 12.8 Å². The first kappa shape index (κ1) is 7.86. The van der Waals surface area contributed by atoms with Gasteiger partial charge in [-0.1, -0.05) is 0 Å². The number of nitrogens with two attached hydrogens (primary N) is 1. The van der Waals surface area contributed by atoms with Gasteiger partial charge in [0.15, 0.2) is 0 Å². The van der Waals surface area contributed by atoms with Crippen molar-refractivity contribution in [2.45, 2.75) is 24.9 Å². The topological polar surface area (TPSA) is 55.6 Å². The van der Waals surface area contributed by atoms with Crippen LogP contribution in [0.2, 0.25) is 0 Å². The number of amides is 1. The molecule has 0 aromatic carbocycles. The van der Waals surface area contributed by atoms with Gasteiger partial charge >= 0.3 is 6.09 Å². The fourth-order valence-corrected chi connectivity index (χ4v) is 1.58. The Labute approximate surface area is 71.7 Å². The molecule has 2 aliphatic rings. The highest BCUT2D eigenvalue weighted by atomic mass is 16.6. The van der Waals surface area contributed by atoms with Crippen LogP contribution in [0.4, 0.5) is 4.79 Å². The van der Waals surface area contributed by atoms with Crippen molar-refractivity contribution in [3.05, 3.63) is 0 Å². The highest BCUT2D eigenvalue weighted by Gasteiger charge is 2.50. The molecule has 1 aliphatic heterocycles. The van der Waals surface area contributed by atoms with Crippen LogP contribution in [0.15, 0.2) is 0 Å². The van der Waals surface area contributed by atoms with Gasteiger partial charge in [-0.2, -0.15) is 0 Å². The molecule has 2 rings (SSSR count). The van der Waals surface area contributed by atoms with Crippen molar-refractivity contribution in [2.24, 2.45) is 5.73 Å². The second-order valence-corrected chi connectivity index (χ2v) is 3.58. The maximum atomic E-state index is 11.3. The lowest BCUT2D eigenvalue weighted by Crippen LogP contribution is -2.45. The molecule has 0 radical (unpaired) electrons. The summed E-state index contributed by atoms with van der Waals surface area (Å²) >= 11 is 0. The standard InChI is InChI=1S/C8H14N2O2/c9-4-6-10-5-3-8(1-2-8)12-7(10)11/h1-6,9H2. The molecule has 4 heteroatoms. The molecule has 0 atom stereocenters. The summed E-state index contributed by atoms with van der Waals surface area (Å²) in [5.41, 5.74) is 5.30. The monoisotopic (exact) mass is 170 g/mol. The van der Waals surface area contributed by atoms with Gasteiger partial charge in [-0.3, -0.25) is 0 Å². The van der Waals surface area contributed by atoms with E-state index in [1.54, 1.807) is 4.90 Å². The molecule has 1 saturated heterocycles. The molecule has 68 valence electrons. The Balaban J connectivity index is 1.91. The molecule has 12 heavy (non-hydrogen) atoms. The molecule has 2 fully saturated rings. The summed E-state index contributed by atoms with van der Waals surface area (Å²) < 4.78 is 5.28. The number of nitrogens with zero attached hydrogens (tertiary/aromatic N) is 1. The van der Waals surface area contributed by atoms with Gasteiger partial charge in [0.05, 0.1) is 0 Å². The Morgan fingerprint density at radius 1 is 1.50 bits per heavy atom. The molecule has 4 nitrogen and oxygen atoms in total. The van der Waals surface area contributed by atoms with Crippen LogP contribution < -0.4 is 5.73 Å². The Morgan fingerprint density at radius 3 is 2.75 bits per heavy atom. The van der Waals surface area contributed by atoms with Crippen LogP contribution in [0.5, 0.6) is 0 Å². The van der Waals surface area contributed by atoms with Crippen molar-refractivity contribution in [3.8, 4) is 0 Å². The van der Waals surface area contributed by atoms with Gasteiger partial charge in [0.2, 0.25) is 0 Å². The lowest BCUT2D eigenvalue weighted by Gasteiger charge is -2.31. The molecule has 0 aromatic heterocycles. The number of carbonyl (C=O) groups is 1. The third-order valence-corrected chi connectivity index (χ3v) is 2.61. The maximum absolute atomic E-state index is 11.3. The second kappa shape index (κ2) is 2.62. The minimum Gasteiger partial charge on any atom is -0.443 e. The Morgan fingerprint density at radius 2 is 2.25 bits per heavy atom. The number of rotatable bonds is 2. The summed E-state index contributed by atoms with van der Waals surface area (Å²) in [6, 6.07) is 0. The van der Waals surface area contributed by atoms with Gasteiger partial charge in [0, 0.05) is 26.1 Å². The van der Waals surface area contributed by atoms with Crippen molar-refractivity contribution >= 4 is 6.09 Å². The predicted octanol–water partition coefficient (Wildman–Crippen LogP) is 0.320. The third kappa shape index (κ3) is 1.27. The minimum atomic E-state index is -0.177. The first-order chi connectivity index (χ1) is 5.76. The van der Waals surface area contributed by atoms with E-state index in [-0.39, 0.29) is 11.7 Å². The average molecular weight is 170 g/mol. The fourth-order valence-electron chi connectivity index (χ4n) is 1.58. The van der Waals surface area contributed by atoms with Gasteiger partial charge in [-0.15, -0.1) is 0 Å². The Hall–Kier alpha value is -0.770. The quantitative estimate of drug-likeness (QED) is 0.649. The normalized spacial score (nSPS) is 25.8. The van der Waals surface area contributed by atoms with Crippen LogP contribution in [-0.4, -0.2) is 36.2 Å². The number of hydrogen-bond donors (Lipinski definition) is 1. The largest absolute Gasteiger partial charge is 0.443 e. The summed E-state index contributed by atoms with van der Waals surface area (Å²) in [6.45, 7) is 1.95. The summed E-state index contributed by atoms with van der Waals surface area (Å²) in [6.07, 6.45) is 2.91. The summed E-state index contributed by atoms with van der Waals surface area (Å²) in [4.78, 5) is 13.0. The van der Waals surface area contributed by atoms with Gasteiger partial charge < -0.3 is 15.4 Å². The van der Waals surface area contributed by atoms with Crippen molar-refractivity contribution in [1.29, 1.82) is 0 Å². The molecule has 1 amide bonds. The van der Waals surface area contributed by atoms with Crippen LogP contribution in [0.25, 0.3) is 0 Å². The smallest absolute Gasteiger partial charge is 0.410 e. The summed E-state index contributed by atoms with van der Waals surface area (Å²) in [7, 11) is 0. The molecule has 0 unspecified atom stereocenters. The van der Waals surface area contributed by atoms with Crippen molar-refractivity contribution in [3.63, 3.8) is 0 Å². The third-order valence-electron chi connectivity index (χ3n) is 2.61. The SMILES string of the molecule is NCCN1CCC2(CC2)OC1=O. The van der Waals surface area contributed by atoms with Gasteiger partial charge in [0.25, 0.3) is 0 Å². The minimum absolute atomic E-state index is 0.0534. The molecule has 1 spiro atoms. The van der Waals surface area contributed by atoms with E-state index in [0.29, 0.717) is 13.1 Å². The van der Waals surface area contributed by atoms with E-state index >= 15 is 0 Å². The Kier molecular flexibility index (Phi) is 1.72. The zero-order chi connectivity index (χ0) is 8.60. The molecule has 1 saturated carbocycles. The van der Waals surface area contributed by atoms with E-state index in [9.17, 15) is 4.79 Å². The summed E-state index contributed by atoms with van der Waals surface area (Å²) in [5, 5.41) is 0. The van der Waals surface area contributed by atoms with E-state index in [4.69, 9.17) is 10.5 Å². The molecule has 2 N–H and O–H groups in total. The van der Waals surface area contributed by atoms with Gasteiger partial charge in [0.1, 0.15) is 5.60 Å². The molecular weight excluding hydrogens is 156 g/mol. The molecule has 0 bridgehead atoms. The van der Waals surface area contributed by atoms with Crippen molar-refractivity contribution in [2.75, 3.05) is 19.6 Å². The Bertz CT molecular complexity index is 201. The van der Waals surface area contributed by atoms with E-state index < -0.39 is 0 Å². The number of hydrogen-bond acceptors (Lipinski definition) is 3. The van der Waals surface area contributed by atoms with E-state index in [2.05, 4.69) is 0 Å². The zero-order valence-corrected chi connectivity index (χ0v) is 7.08. The predicted molar refractivity (Wildman–Crippen MR) is 43.7 cm³/mol. The highest BCUT2D eigenvalue weighted by molar-refractivity contribution is 5.69. The first-order valence-corrected chi connectivity index (χ1v) is 4.44. The van der Waals surface area contributed by atoms with E-state index in [1.165, 1.54) is 0 Å². The highest BCUT2D eigenvalue weighted by Crippen LogP contribution is 2.45. The van der Waals surface area contributed by atoms with Crippen molar-refractivity contribution < 1.29 is 9.53 Å². The van der Waals surface area contributed by atoms with Crippen LogP contribution >= 0.6 is 0 Å². The van der Waals surface area contributed by atoms with Crippen LogP contribution in [0, 0.1) is 0 Å². The fraction of sp³-hybridized carbons (Fsp3) is 0.875. The molecule has 1 aliphatic carbocycles. The lowest BCUT2D eigenvalue weighted by molar-refractivity contribution is 0.0121. The van der Waals surface area contributed by atoms with E-state index in [1.807, 2.05) is 0 Å². The van der Waals surface area contributed by atoms with Crippen LogP contribution in [0.3, 0.4) is 0 Å². The van der Waals surface area contributed by atoms with Crippen LogP contribution in [-0.2, 0) is 4.74 Å². The van der Waals surface area contributed by atoms with E-state index in [0.717, 1.165) is 25.8 Å². The average Bonchev–Trinajstić information content (AvgIpc) is 2.77. The van der Waals surface area contributed by atoms with Crippen molar-refractivity contribution in [1.82, 2.24) is 4.90 Å². The zero-order valence-electron chi connectivity index (χ0n) is 7.08. The number of ether oxygens (including phenoxy) is 1. The molecule has 0 aromatic rings. The van der Waals surface area contributed by atoms with Crippen LogP contribution in [0.1, 0.15) is 19.3 Å². The first-order valence-electron chi connectivity index (χ1n) is 4.44. The summed E-state index contributed by atoms with van der Waals surface area (Å²) in [5.74, 6) is 0. The second-order valence-electron chi connectivity index (χ2n) is 3.58. The number of carbonyl (C=O) groups excluding carboxylic acids is 1. The maximum Gasteiger partial charge on any atom is 0.410 e. The molecular formula is C8H14N2O2. The molecule has 1 heterocycles. The van der Waals surface area contributed by atoms with Gasteiger partial charge in [-0.25, -0.2) is 4.79 Å². The lowest BCUT2D eigenvalue weighted by atomic mass is 10.2.